The van der Waals surface area contributed by atoms with Crippen LogP contribution >= 0.6 is 22.9 Å². The Hall–Kier alpha value is -0.930. The van der Waals surface area contributed by atoms with Crippen LogP contribution in [0, 0.1) is 5.82 Å². The summed E-state index contributed by atoms with van der Waals surface area (Å²) in [7, 11) is 0. The third kappa shape index (κ3) is 1.24. The van der Waals surface area contributed by atoms with Crippen molar-refractivity contribution < 1.29 is 9.18 Å². The molecule has 0 N–H and O–H groups in total. The molecule has 0 fully saturated rings. The third-order valence-electron chi connectivity index (χ3n) is 1.79. The molecule has 0 aliphatic heterocycles. The minimum absolute atomic E-state index is 0.0286. The van der Waals surface area contributed by atoms with Gasteiger partial charge < -0.3 is 0 Å². The van der Waals surface area contributed by atoms with E-state index >= 15 is 0 Å². The first-order valence-corrected chi connectivity index (χ1v) is 4.80. The van der Waals surface area contributed by atoms with Crippen LogP contribution in [-0.2, 0) is 0 Å². The van der Waals surface area contributed by atoms with Gasteiger partial charge in [-0.15, -0.1) is 11.3 Å². The minimum Gasteiger partial charge on any atom is -0.298 e. The molecule has 0 unspecified atom stereocenters. The molecule has 0 spiro atoms. The summed E-state index contributed by atoms with van der Waals surface area (Å²) in [4.78, 5) is 10.6. The number of fused-ring (bicyclic) bond motifs is 1. The number of thiophene rings is 1. The van der Waals surface area contributed by atoms with Gasteiger partial charge in [0.15, 0.2) is 6.29 Å². The number of hydrogen-bond acceptors (Lipinski definition) is 2. The van der Waals surface area contributed by atoms with Gasteiger partial charge in [-0.1, -0.05) is 11.6 Å². The summed E-state index contributed by atoms with van der Waals surface area (Å²) in [6.45, 7) is 0. The van der Waals surface area contributed by atoms with E-state index in [0.29, 0.717) is 17.2 Å². The summed E-state index contributed by atoms with van der Waals surface area (Å²) in [5.74, 6) is -0.490. The molecule has 0 radical (unpaired) electrons. The van der Waals surface area contributed by atoms with Gasteiger partial charge in [0.2, 0.25) is 0 Å². The van der Waals surface area contributed by atoms with E-state index < -0.39 is 5.82 Å². The first-order valence-electron chi connectivity index (χ1n) is 3.54. The lowest BCUT2D eigenvalue weighted by Gasteiger charge is -1.96. The van der Waals surface area contributed by atoms with Gasteiger partial charge in [-0.3, -0.25) is 4.79 Å². The van der Waals surface area contributed by atoms with Crippen molar-refractivity contribution in [3.63, 3.8) is 0 Å². The maximum absolute atomic E-state index is 13.0. The van der Waals surface area contributed by atoms with Crippen molar-refractivity contribution in [1.82, 2.24) is 0 Å². The standard InChI is InChI=1S/C9H4ClFOS/c10-9-6(11)1-2-7-8(9)5(3-12)4-13-7/h1-4H. The summed E-state index contributed by atoms with van der Waals surface area (Å²) in [6, 6.07) is 2.92. The van der Waals surface area contributed by atoms with E-state index in [4.69, 9.17) is 11.6 Å². The van der Waals surface area contributed by atoms with Crippen LogP contribution in [0.5, 0.6) is 0 Å². The average Bonchev–Trinajstić information content (AvgIpc) is 2.55. The highest BCUT2D eigenvalue weighted by atomic mass is 35.5. The van der Waals surface area contributed by atoms with Gasteiger partial charge in [0.25, 0.3) is 0 Å². The Morgan fingerprint density at radius 1 is 1.46 bits per heavy atom. The summed E-state index contributed by atoms with van der Waals surface area (Å²) in [5, 5.41) is 2.21. The predicted octanol–water partition coefficient (Wildman–Crippen LogP) is 3.51. The van der Waals surface area contributed by atoms with Gasteiger partial charge in [-0.25, -0.2) is 4.39 Å². The minimum atomic E-state index is -0.490. The zero-order chi connectivity index (χ0) is 9.42. The molecule has 0 aliphatic rings. The van der Waals surface area contributed by atoms with Crippen molar-refractivity contribution in [2.45, 2.75) is 0 Å². The van der Waals surface area contributed by atoms with Crippen LogP contribution in [0.1, 0.15) is 10.4 Å². The van der Waals surface area contributed by atoms with Crippen LogP contribution in [0.2, 0.25) is 5.02 Å². The molecule has 1 aromatic carbocycles. The largest absolute Gasteiger partial charge is 0.298 e. The molecule has 0 aliphatic carbocycles. The molecule has 1 aromatic heterocycles. The van der Waals surface area contributed by atoms with E-state index in [2.05, 4.69) is 0 Å². The maximum atomic E-state index is 13.0. The highest BCUT2D eigenvalue weighted by molar-refractivity contribution is 7.17. The number of aldehydes is 1. The summed E-state index contributed by atoms with van der Waals surface area (Å²) in [5.41, 5.74) is 0.449. The molecular weight excluding hydrogens is 211 g/mol. The van der Waals surface area contributed by atoms with Crippen LogP contribution in [0.15, 0.2) is 17.5 Å². The van der Waals surface area contributed by atoms with Crippen molar-refractivity contribution in [3.8, 4) is 0 Å². The normalized spacial score (nSPS) is 10.6. The Bertz CT molecular complexity index is 478. The summed E-state index contributed by atoms with van der Waals surface area (Å²) >= 11 is 7.10. The molecule has 4 heteroatoms. The van der Waals surface area contributed by atoms with Crippen LogP contribution < -0.4 is 0 Å². The van der Waals surface area contributed by atoms with Crippen molar-refractivity contribution in [1.29, 1.82) is 0 Å². The SMILES string of the molecule is O=Cc1csc2ccc(F)c(Cl)c12. The lowest BCUT2D eigenvalue weighted by Crippen LogP contribution is -1.80. The van der Waals surface area contributed by atoms with E-state index in [9.17, 15) is 9.18 Å². The van der Waals surface area contributed by atoms with Gasteiger partial charge >= 0.3 is 0 Å². The van der Waals surface area contributed by atoms with Gasteiger partial charge in [0.1, 0.15) is 5.82 Å². The van der Waals surface area contributed by atoms with Crippen LogP contribution in [-0.4, -0.2) is 6.29 Å². The first-order chi connectivity index (χ1) is 6.24. The fourth-order valence-electron chi connectivity index (χ4n) is 1.17. The quantitative estimate of drug-likeness (QED) is 0.664. The number of carbonyl (C=O) groups excluding carboxylic acids is 1. The molecule has 0 bridgehead atoms. The smallest absolute Gasteiger partial charge is 0.151 e. The number of benzene rings is 1. The molecule has 0 amide bonds. The Labute approximate surface area is 82.7 Å². The van der Waals surface area contributed by atoms with Crippen molar-refractivity contribution in [3.05, 3.63) is 33.9 Å². The number of carbonyl (C=O) groups is 1. The molecule has 0 saturated heterocycles. The first kappa shape index (κ1) is 8.66. The second kappa shape index (κ2) is 3.09. The summed E-state index contributed by atoms with van der Waals surface area (Å²) < 4.78 is 13.8. The molecular formula is C9H4ClFOS. The molecule has 66 valence electrons. The lowest BCUT2D eigenvalue weighted by molar-refractivity contribution is 0.112. The van der Waals surface area contributed by atoms with Gasteiger partial charge in [0.05, 0.1) is 5.02 Å². The summed E-state index contributed by atoms with van der Waals surface area (Å²) in [6.07, 6.45) is 0.685. The monoisotopic (exact) mass is 214 g/mol. The van der Waals surface area contributed by atoms with E-state index in [-0.39, 0.29) is 5.02 Å². The Balaban J connectivity index is 2.93. The molecule has 13 heavy (non-hydrogen) atoms. The molecule has 2 rings (SSSR count). The second-order valence-electron chi connectivity index (χ2n) is 2.54. The lowest BCUT2D eigenvalue weighted by atomic mass is 10.2. The van der Waals surface area contributed by atoms with Crippen molar-refractivity contribution in [2.75, 3.05) is 0 Å². The van der Waals surface area contributed by atoms with Crippen LogP contribution in [0.25, 0.3) is 10.1 Å². The highest BCUT2D eigenvalue weighted by Gasteiger charge is 2.10. The Morgan fingerprint density at radius 2 is 2.23 bits per heavy atom. The van der Waals surface area contributed by atoms with Crippen molar-refractivity contribution >= 4 is 39.3 Å². The van der Waals surface area contributed by atoms with Crippen LogP contribution in [0.3, 0.4) is 0 Å². The van der Waals surface area contributed by atoms with E-state index in [1.807, 2.05) is 0 Å². The zero-order valence-corrected chi connectivity index (χ0v) is 7.95. The third-order valence-corrected chi connectivity index (χ3v) is 3.12. The Morgan fingerprint density at radius 3 is 2.92 bits per heavy atom. The van der Waals surface area contributed by atoms with Gasteiger partial charge in [-0.2, -0.15) is 0 Å². The molecule has 0 saturated carbocycles. The fourth-order valence-corrected chi connectivity index (χ4v) is 2.41. The van der Waals surface area contributed by atoms with Crippen LogP contribution in [0.4, 0.5) is 4.39 Å². The predicted molar refractivity (Wildman–Crippen MR) is 52.2 cm³/mol. The van der Waals surface area contributed by atoms with E-state index in [1.165, 1.54) is 17.4 Å². The fraction of sp³-hybridized carbons (Fsp3) is 0. The second-order valence-corrected chi connectivity index (χ2v) is 3.83. The average molecular weight is 215 g/mol. The molecule has 0 atom stereocenters. The molecule has 2 aromatic rings. The van der Waals surface area contributed by atoms with E-state index in [1.54, 1.807) is 11.4 Å². The zero-order valence-electron chi connectivity index (χ0n) is 6.38. The number of rotatable bonds is 1. The topological polar surface area (TPSA) is 17.1 Å². The van der Waals surface area contributed by atoms with E-state index in [0.717, 1.165) is 4.70 Å². The highest BCUT2D eigenvalue weighted by Crippen LogP contribution is 2.32. The van der Waals surface area contributed by atoms with Gasteiger partial charge in [0, 0.05) is 21.0 Å². The Kier molecular flexibility index (Phi) is 2.06. The van der Waals surface area contributed by atoms with Gasteiger partial charge in [-0.05, 0) is 12.1 Å². The van der Waals surface area contributed by atoms with Crippen molar-refractivity contribution in [2.24, 2.45) is 0 Å². The number of hydrogen-bond donors (Lipinski definition) is 0. The number of halogens is 2. The maximum Gasteiger partial charge on any atom is 0.151 e. The molecule has 1 heterocycles. The molecule has 1 nitrogen and oxygen atoms in total.